The second kappa shape index (κ2) is 11.2. The van der Waals surface area contributed by atoms with Gasteiger partial charge in [-0.3, -0.25) is 9.48 Å². The van der Waals surface area contributed by atoms with Crippen molar-refractivity contribution in [1.29, 1.82) is 0 Å². The van der Waals surface area contributed by atoms with Gasteiger partial charge >= 0.3 is 0 Å². The number of carbonyl (C=O) groups is 1. The fourth-order valence-electron chi connectivity index (χ4n) is 3.11. The highest BCUT2D eigenvalue weighted by atomic mass is 16.5. The smallest absolute Gasteiger partial charge is 0.257 e. The molecule has 7 nitrogen and oxygen atoms in total. The Balaban J connectivity index is 1.89. The van der Waals surface area contributed by atoms with Gasteiger partial charge in [-0.05, 0) is 57.2 Å². The Morgan fingerprint density at radius 1 is 1.03 bits per heavy atom. The molecule has 0 unspecified atom stereocenters. The molecule has 1 atom stereocenters. The van der Waals surface area contributed by atoms with Gasteiger partial charge in [0.25, 0.3) is 5.91 Å². The van der Waals surface area contributed by atoms with E-state index in [0.717, 1.165) is 11.3 Å². The molecule has 0 spiro atoms. The number of aryl methyl sites for hydroxylation is 1. The maximum absolute atomic E-state index is 12.9. The Kier molecular flexibility index (Phi) is 8.11. The summed E-state index contributed by atoms with van der Waals surface area (Å²) < 4.78 is 18.5. The van der Waals surface area contributed by atoms with Crippen LogP contribution in [0.4, 0.5) is 5.82 Å². The van der Waals surface area contributed by atoms with Crippen molar-refractivity contribution in [1.82, 2.24) is 9.78 Å². The second-order valence-corrected chi connectivity index (χ2v) is 7.90. The molecular formula is C26H29N3O4. The topological polar surface area (TPSA) is 74.6 Å². The zero-order valence-corrected chi connectivity index (χ0v) is 19.6. The molecule has 2 aromatic carbocycles. The van der Waals surface area contributed by atoms with Crippen LogP contribution in [0.2, 0.25) is 0 Å². The van der Waals surface area contributed by atoms with E-state index in [4.69, 9.17) is 14.2 Å². The van der Waals surface area contributed by atoms with Gasteiger partial charge in [0, 0.05) is 43.1 Å². The van der Waals surface area contributed by atoms with Gasteiger partial charge in [0.2, 0.25) is 0 Å². The maximum Gasteiger partial charge on any atom is 0.257 e. The lowest BCUT2D eigenvalue weighted by Gasteiger charge is -2.15. The monoisotopic (exact) mass is 447 g/mol. The van der Waals surface area contributed by atoms with Crippen molar-refractivity contribution >= 4 is 11.7 Å². The molecule has 1 N–H and O–H groups in total. The quantitative estimate of drug-likeness (QED) is 0.522. The van der Waals surface area contributed by atoms with Gasteiger partial charge in [-0.25, -0.2) is 0 Å². The number of benzene rings is 2. The molecule has 0 saturated heterocycles. The number of rotatable bonds is 8. The van der Waals surface area contributed by atoms with E-state index in [1.807, 2.05) is 51.1 Å². The van der Waals surface area contributed by atoms with E-state index >= 15 is 0 Å². The number of nitrogens with zero attached hydrogens (tertiary/aromatic N) is 2. The first-order valence-electron chi connectivity index (χ1n) is 10.7. The molecule has 0 aliphatic heterocycles. The minimum Gasteiger partial charge on any atom is -0.491 e. The van der Waals surface area contributed by atoms with Crippen LogP contribution in [-0.4, -0.2) is 41.6 Å². The molecule has 0 saturated carbocycles. The fourth-order valence-corrected chi connectivity index (χ4v) is 3.11. The lowest BCUT2D eigenvalue weighted by atomic mass is 10.1. The van der Waals surface area contributed by atoms with E-state index in [-0.39, 0.29) is 18.1 Å². The average Bonchev–Trinajstić information content (AvgIpc) is 3.16. The van der Waals surface area contributed by atoms with Crippen LogP contribution in [0.25, 0.3) is 0 Å². The Morgan fingerprint density at radius 3 is 2.48 bits per heavy atom. The largest absolute Gasteiger partial charge is 0.491 e. The molecule has 0 fully saturated rings. The molecule has 1 amide bonds. The Bertz CT molecular complexity index is 1160. The zero-order chi connectivity index (χ0) is 23.8. The molecule has 3 rings (SSSR count). The molecule has 0 aliphatic rings. The third kappa shape index (κ3) is 7.41. The summed E-state index contributed by atoms with van der Waals surface area (Å²) >= 11 is 0. The summed E-state index contributed by atoms with van der Waals surface area (Å²) in [5.41, 5.74) is 1.88. The van der Waals surface area contributed by atoms with Crippen molar-refractivity contribution in [3.8, 4) is 23.3 Å². The number of ether oxygens (including phenoxy) is 3. The third-order valence-corrected chi connectivity index (χ3v) is 4.42. The Hall–Kier alpha value is -3.76. The summed E-state index contributed by atoms with van der Waals surface area (Å²) in [6.45, 7) is 6.28. The number of hydrogen-bond donors (Lipinski definition) is 1. The minimum atomic E-state index is -0.297. The molecule has 0 radical (unpaired) electrons. The minimum absolute atomic E-state index is 0.0799. The third-order valence-electron chi connectivity index (χ3n) is 4.42. The molecule has 1 heterocycles. The van der Waals surface area contributed by atoms with Crippen LogP contribution in [-0.2, 0) is 11.8 Å². The van der Waals surface area contributed by atoms with Crippen LogP contribution in [0.5, 0.6) is 11.5 Å². The van der Waals surface area contributed by atoms with Gasteiger partial charge in [0.1, 0.15) is 17.6 Å². The van der Waals surface area contributed by atoms with Gasteiger partial charge in [-0.1, -0.05) is 17.9 Å². The number of aromatic nitrogens is 2. The molecule has 1 aromatic heterocycles. The van der Waals surface area contributed by atoms with Gasteiger partial charge in [0.15, 0.2) is 5.82 Å². The van der Waals surface area contributed by atoms with Gasteiger partial charge < -0.3 is 19.5 Å². The van der Waals surface area contributed by atoms with Crippen LogP contribution < -0.4 is 14.8 Å². The average molecular weight is 448 g/mol. The standard InChI is InChI=1S/C26H29N3O4/c1-18(2)32-23-8-6-7-20(14-23)9-10-21-13-22(16-24(15-21)33-19(3)17-31-5)26(30)27-25-11-12-29(4)28-25/h6-8,11-16,18-19H,17H2,1-5H3,(H,27,28,30)/t19-/m0/s1. The molecule has 33 heavy (non-hydrogen) atoms. The summed E-state index contributed by atoms with van der Waals surface area (Å²) in [5, 5.41) is 6.99. The summed E-state index contributed by atoms with van der Waals surface area (Å²) in [6, 6.07) is 14.6. The van der Waals surface area contributed by atoms with Crippen LogP contribution in [0.3, 0.4) is 0 Å². The summed E-state index contributed by atoms with van der Waals surface area (Å²) in [6.07, 6.45) is 1.65. The summed E-state index contributed by atoms with van der Waals surface area (Å²) in [5.74, 6) is 7.75. The van der Waals surface area contributed by atoms with E-state index in [1.165, 1.54) is 0 Å². The van der Waals surface area contributed by atoms with Crippen molar-refractivity contribution < 1.29 is 19.0 Å². The van der Waals surface area contributed by atoms with Gasteiger partial charge in [-0.2, -0.15) is 5.10 Å². The van der Waals surface area contributed by atoms with Crippen LogP contribution in [0.15, 0.2) is 54.7 Å². The first-order chi connectivity index (χ1) is 15.8. The SMILES string of the molecule is COC[C@H](C)Oc1cc(C#Cc2cccc(OC(C)C)c2)cc(C(=O)Nc2ccn(C)n2)c1. The summed E-state index contributed by atoms with van der Waals surface area (Å²) in [7, 11) is 3.40. The molecule has 172 valence electrons. The molecule has 7 heteroatoms. The van der Waals surface area contributed by atoms with Gasteiger partial charge in [-0.15, -0.1) is 0 Å². The van der Waals surface area contributed by atoms with E-state index < -0.39 is 0 Å². The molecule has 0 aliphatic carbocycles. The predicted octanol–water partition coefficient (Wildman–Crippen LogP) is 4.27. The van der Waals surface area contributed by atoms with Crippen molar-refractivity contribution in [2.45, 2.75) is 33.0 Å². The molecule has 3 aromatic rings. The van der Waals surface area contributed by atoms with E-state index in [1.54, 1.807) is 43.2 Å². The Labute approximate surface area is 194 Å². The van der Waals surface area contributed by atoms with Crippen LogP contribution >= 0.6 is 0 Å². The number of hydrogen-bond acceptors (Lipinski definition) is 5. The number of amides is 1. The zero-order valence-electron chi connectivity index (χ0n) is 19.6. The maximum atomic E-state index is 12.9. The Morgan fingerprint density at radius 2 is 1.79 bits per heavy atom. The fraction of sp³-hybridized carbons (Fsp3) is 0.308. The molecular weight excluding hydrogens is 418 g/mol. The number of carbonyl (C=O) groups excluding carboxylic acids is 1. The molecule has 0 bridgehead atoms. The van der Waals surface area contributed by atoms with E-state index in [0.29, 0.717) is 29.3 Å². The van der Waals surface area contributed by atoms with Gasteiger partial charge in [0.05, 0.1) is 12.7 Å². The highest BCUT2D eigenvalue weighted by Crippen LogP contribution is 2.20. The predicted molar refractivity (Wildman–Crippen MR) is 128 cm³/mol. The van der Waals surface area contributed by atoms with Crippen molar-refractivity contribution in [2.75, 3.05) is 19.0 Å². The first-order valence-corrected chi connectivity index (χ1v) is 10.7. The van der Waals surface area contributed by atoms with E-state index in [9.17, 15) is 4.79 Å². The highest BCUT2D eigenvalue weighted by Gasteiger charge is 2.12. The van der Waals surface area contributed by atoms with Crippen molar-refractivity contribution in [3.63, 3.8) is 0 Å². The van der Waals surface area contributed by atoms with Crippen LogP contribution in [0.1, 0.15) is 42.3 Å². The lowest BCUT2D eigenvalue weighted by molar-refractivity contribution is 0.0917. The number of anilines is 1. The van der Waals surface area contributed by atoms with Crippen molar-refractivity contribution in [3.05, 3.63) is 71.4 Å². The first kappa shape index (κ1) is 23.9. The number of methoxy groups -OCH3 is 1. The van der Waals surface area contributed by atoms with E-state index in [2.05, 4.69) is 22.3 Å². The second-order valence-electron chi connectivity index (χ2n) is 7.90. The summed E-state index contributed by atoms with van der Waals surface area (Å²) in [4.78, 5) is 12.9. The number of nitrogens with one attached hydrogen (secondary N) is 1. The lowest BCUT2D eigenvalue weighted by Crippen LogP contribution is -2.19. The highest BCUT2D eigenvalue weighted by molar-refractivity contribution is 6.04. The van der Waals surface area contributed by atoms with Crippen LogP contribution in [0, 0.1) is 11.8 Å². The van der Waals surface area contributed by atoms with Crippen molar-refractivity contribution in [2.24, 2.45) is 7.05 Å². The normalized spacial score (nSPS) is 11.5.